The predicted octanol–water partition coefficient (Wildman–Crippen LogP) is 2.83. The fourth-order valence-corrected chi connectivity index (χ4v) is 2.92. The van der Waals surface area contributed by atoms with E-state index in [0.717, 1.165) is 11.1 Å². The van der Waals surface area contributed by atoms with Crippen molar-refractivity contribution in [3.63, 3.8) is 0 Å². The Hall–Kier alpha value is 4.27. The maximum absolute atomic E-state index is 5.54. The number of hydrogen-bond donors (Lipinski definition) is 0. The van der Waals surface area contributed by atoms with Crippen LogP contribution in [-0.2, 0) is 163 Å². The van der Waals surface area contributed by atoms with Crippen molar-refractivity contribution in [3.8, 4) is 0 Å². The molecule has 1 rings (SSSR count). The van der Waals surface area contributed by atoms with E-state index in [0.29, 0.717) is 5.92 Å². The van der Waals surface area contributed by atoms with E-state index in [1.54, 1.807) is 6.61 Å². The minimum atomic E-state index is 0. The Kier molecular flexibility index (Phi) is 32.2. The van der Waals surface area contributed by atoms with E-state index in [1.165, 1.54) is 63.5 Å². The van der Waals surface area contributed by atoms with Gasteiger partial charge < -0.3 is 0 Å². The largest absolute Gasteiger partial charge is 0 e. The summed E-state index contributed by atoms with van der Waals surface area (Å²) in [5.74, 6) is 0.556. The number of allylic oxidation sites excluding steroid dienone is 2. The summed E-state index contributed by atoms with van der Waals surface area (Å²) in [6.45, 7) is 5.90. The average molecular weight is 1020 g/mol. The molecular formula is C14H16OW3Y3-4. The minimum Gasteiger partial charge on any atom is 0 e. The van der Waals surface area contributed by atoms with Crippen LogP contribution in [0.4, 0.5) is 0 Å². The minimum absolute atomic E-state index is 0. The first kappa shape index (κ1) is 32.9. The third kappa shape index (κ3) is 14.0. The Balaban J connectivity index is -0.000000361. The first-order valence-electron chi connectivity index (χ1n) is 5.65. The molecule has 1 fully saturated rings. The fraction of sp³-hybridized carbons (Fsp3) is 0.429. The van der Waals surface area contributed by atoms with Crippen molar-refractivity contribution in [3.05, 3.63) is 36.0 Å². The molecule has 1 unspecified atom stereocenters. The van der Waals surface area contributed by atoms with Crippen LogP contribution >= 0.6 is 0 Å². The standard InChI is InChI=1S/C14H16O.3W.3Y/c1-11(2)12(3)9-15-10-13(4)14-7-5-6-8-14;;;;;;/h7,9-10,14H,5-6,8H2,1,3H3;;;;;;/q-4;;;;;;/b12-11?,13-10-;;;;;;. The summed E-state index contributed by atoms with van der Waals surface area (Å²) < 4.78 is 12.0. The van der Waals surface area contributed by atoms with Crippen molar-refractivity contribution >= 4 is 8.80 Å². The second kappa shape index (κ2) is 20.6. The van der Waals surface area contributed by atoms with Crippen molar-refractivity contribution in [1.82, 2.24) is 0 Å². The fourth-order valence-electron chi connectivity index (χ4n) is 1.62. The smallest absolute Gasteiger partial charge is 0 e. The van der Waals surface area contributed by atoms with Crippen LogP contribution in [0, 0.1) is 18.9 Å². The van der Waals surface area contributed by atoms with Gasteiger partial charge in [-0.3, -0.25) is 0 Å². The molecule has 1 atom stereocenters. The molecule has 0 amide bonds. The molecule has 21 heavy (non-hydrogen) atoms. The maximum Gasteiger partial charge on any atom is 0 e. The second-order valence-corrected chi connectivity index (χ2v) is 5.58. The molecule has 1 saturated carbocycles. The quantitative estimate of drug-likeness (QED) is 0.295. The summed E-state index contributed by atoms with van der Waals surface area (Å²) in [6.07, 6.45) is 7.98. The molecule has 7 heteroatoms. The SMILES string of the molecule is CC([C-]=[W])=C(C)[CH-]O/C=C(/[C-]=[W])C1[CH-]CCC1.[W].[Y].[Y].[Y]. The Labute approximate surface area is 241 Å². The van der Waals surface area contributed by atoms with Crippen LogP contribution in [0.25, 0.3) is 0 Å². The van der Waals surface area contributed by atoms with Crippen molar-refractivity contribution in [1.29, 1.82) is 0 Å². The maximum atomic E-state index is 5.54. The molecule has 0 aromatic carbocycles. The van der Waals surface area contributed by atoms with Gasteiger partial charge in [-0.05, 0) is 0 Å². The van der Waals surface area contributed by atoms with E-state index in [2.05, 4.69) is 22.1 Å². The molecule has 3 radical (unpaired) electrons. The van der Waals surface area contributed by atoms with Gasteiger partial charge in [0.15, 0.2) is 0 Å². The molecule has 1 aliphatic rings. The molecule has 0 spiro atoms. The van der Waals surface area contributed by atoms with Gasteiger partial charge in [-0.25, -0.2) is 0 Å². The third-order valence-electron chi connectivity index (χ3n) is 2.87. The van der Waals surface area contributed by atoms with Gasteiger partial charge in [0.2, 0.25) is 0 Å². The number of hydrogen-bond acceptors (Lipinski definition) is 1. The van der Waals surface area contributed by atoms with E-state index in [-0.39, 0.29) is 119 Å². The molecule has 0 saturated heterocycles. The molecule has 0 heterocycles. The van der Waals surface area contributed by atoms with Crippen molar-refractivity contribution in [2.24, 2.45) is 5.92 Å². The Morgan fingerprint density at radius 2 is 1.86 bits per heavy atom. The molecule has 0 bridgehead atoms. The molecule has 109 valence electrons. The van der Waals surface area contributed by atoms with E-state index in [4.69, 9.17) is 4.74 Å². The molecule has 0 aromatic heterocycles. The van der Waals surface area contributed by atoms with E-state index in [1.807, 2.05) is 13.2 Å². The van der Waals surface area contributed by atoms with Gasteiger partial charge in [0.1, 0.15) is 0 Å². The van der Waals surface area contributed by atoms with E-state index >= 15 is 0 Å². The molecule has 0 aliphatic heterocycles. The Morgan fingerprint density at radius 3 is 2.29 bits per heavy atom. The summed E-state index contributed by atoms with van der Waals surface area (Å²) >= 11 is 2.71. The first-order valence-corrected chi connectivity index (χ1v) is 8.58. The van der Waals surface area contributed by atoms with Crippen LogP contribution in [0.1, 0.15) is 33.1 Å². The average Bonchev–Trinajstić information content (AvgIpc) is 2.87. The van der Waals surface area contributed by atoms with Gasteiger partial charge in [-0.1, -0.05) is 0 Å². The summed E-state index contributed by atoms with van der Waals surface area (Å²) in [7, 11) is 0. The van der Waals surface area contributed by atoms with Gasteiger partial charge in [0, 0.05) is 119 Å². The van der Waals surface area contributed by atoms with Crippen LogP contribution in [-0.4, -0.2) is 8.80 Å². The summed E-state index contributed by atoms with van der Waals surface area (Å²) in [4.78, 5) is 0. The summed E-state index contributed by atoms with van der Waals surface area (Å²) in [5, 5.41) is 0. The topological polar surface area (TPSA) is 9.23 Å². The van der Waals surface area contributed by atoms with Crippen LogP contribution in [0.3, 0.4) is 0 Å². The van der Waals surface area contributed by atoms with E-state index in [9.17, 15) is 0 Å². The Morgan fingerprint density at radius 1 is 1.24 bits per heavy atom. The molecule has 0 aromatic rings. The first-order chi connectivity index (χ1) is 8.19. The zero-order valence-electron chi connectivity index (χ0n) is 12.3. The van der Waals surface area contributed by atoms with Gasteiger partial charge >= 0.3 is 127 Å². The normalized spacial score (nSPS) is 17.6. The van der Waals surface area contributed by atoms with Crippen LogP contribution in [0.2, 0.25) is 0 Å². The van der Waals surface area contributed by atoms with Crippen molar-refractivity contribution in [2.75, 3.05) is 0 Å². The van der Waals surface area contributed by atoms with Gasteiger partial charge in [-0.15, -0.1) is 0 Å². The van der Waals surface area contributed by atoms with Gasteiger partial charge in [0.25, 0.3) is 0 Å². The zero-order valence-corrected chi connectivity index (χ0v) is 29.6. The third-order valence-corrected chi connectivity index (χ3v) is 4.82. The molecule has 1 aliphatic carbocycles. The monoisotopic (exact) mass is 1020 g/mol. The van der Waals surface area contributed by atoms with Crippen molar-refractivity contribution < 1.29 is 163 Å². The molecule has 0 N–H and O–H groups in total. The summed E-state index contributed by atoms with van der Waals surface area (Å²) in [5.41, 5.74) is 3.50. The Bertz CT molecular complexity index is 351. The van der Waals surface area contributed by atoms with Crippen LogP contribution in [0.5, 0.6) is 0 Å². The van der Waals surface area contributed by atoms with Crippen LogP contribution < -0.4 is 0 Å². The second-order valence-electron chi connectivity index (χ2n) is 4.11. The summed E-state index contributed by atoms with van der Waals surface area (Å²) in [6, 6.07) is 0. The van der Waals surface area contributed by atoms with Gasteiger partial charge in [-0.2, -0.15) is 0 Å². The number of rotatable bonds is 6. The van der Waals surface area contributed by atoms with Gasteiger partial charge in [0.05, 0.1) is 0 Å². The van der Waals surface area contributed by atoms with Crippen LogP contribution in [0.15, 0.2) is 23.0 Å². The van der Waals surface area contributed by atoms with E-state index < -0.39 is 0 Å². The van der Waals surface area contributed by atoms with Crippen molar-refractivity contribution in [2.45, 2.75) is 33.1 Å². The molecule has 1 nitrogen and oxygen atoms in total. The zero-order chi connectivity index (χ0) is 12.7. The number of ether oxygens (including phenoxy) is 1. The molecular weight excluding hydrogens is 1000 g/mol. The predicted molar refractivity (Wildman–Crippen MR) is 63.5 cm³/mol.